The van der Waals surface area contributed by atoms with Crippen LogP contribution in [0.3, 0.4) is 0 Å². The molecule has 0 spiro atoms. The van der Waals surface area contributed by atoms with E-state index in [-0.39, 0.29) is 12.2 Å². The molecule has 2 heterocycles. The lowest BCUT2D eigenvalue weighted by molar-refractivity contribution is -0.116. The molecule has 9 heteroatoms. The van der Waals surface area contributed by atoms with Gasteiger partial charge in [-0.1, -0.05) is 28.1 Å². The summed E-state index contributed by atoms with van der Waals surface area (Å²) in [6.45, 7) is 3.28. The summed E-state index contributed by atoms with van der Waals surface area (Å²) in [7, 11) is 1.73. The standard InChI is InChI=1S/C23H20BrFN4O3/c1-13-5-4-6-16(9-13)29-22(31)21-19(10-14(2)27(21)3)28(23(29)32)12-20(30)26-18-8-7-15(24)11-17(18)25/h4-11H,12H2,1-3H3,(H,26,30). The van der Waals surface area contributed by atoms with Gasteiger partial charge in [-0.25, -0.2) is 13.8 Å². The number of anilines is 1. The van der Waals surface area contributed by atoms with Crippen LogP contribution in [0.15, 0.2) is 62.6 Å². The second-order valence-corrected chi connectivity index (χ2v) is 8.51. The average molecular weight is 499 g/mol. The average Bonchev–Trinajstić information content (AvgIpc) is 3.02. The first-order chi connectivity index (χ1) is 15.2. The van der Waals surface area contributed by atoms with Gasteiger partial charge in [0.25, 0.3) is 5.56 Å². The zero-order valence-corrected chi connectivity index (χ0v) is 19.2. The Kier molecular flexibility index (Phi) is 5.60. The van der Waals surface area contributed by atoms with Crippen LogP contribution in [-0.2, 0) is 18.4 Å². The van der Waals surface area contributed by atoms with Crippen LogP contribution in [0.4, 0.5) is 10.1 Å². The van der Waals surface area contributed by atoms with Gasteiger partial charge in [0.2, 0.25) is 5.91 Å². The molecule has 0 aliphatic carbocycles. The molecule has 0 atom stereocenters. The number of rotatable bonds is 4. The van der Waals surface area contributed by atoms with Gasteiger partial charge in [-0.05, 0) is 55.8 Å². The Morgan fingerprint density at radius 3 is 2.53 bits per heavy atom. The first kappa shape index (κ1) is 21.8. The minimum absolute atomic E-state index is 0.00117. The third-order valence-electron chi connectivity index (χ3n) is 5.34. The van der Waals surface area contributed by atoms with Gasteiger partial charge in [0.15, 0.2) is 0 Å². The van der Waals surface area contributed by atoms with E-state index in [1.807, 2.05) is 19.9 Å². The number of aromatic nitrogens is 3. The van der Waals surface area contributed by atoms with E-state index in [9.17, 15) is 18.8 Å². The molecule has 0 saturated heterocycles. The molecule has 0 aliphatic rings. The molecule has 0 fully saturated rings. The molecule has 2 aromatic carbocycles. The van der Waals surface area contributed by atoms with Crippen LogP contribution in [0.2, 0.25) is 0 Å². The Balaban J connectivity index is 1.87. The van der Waals surface area contributed by atoms with E-state index in [2.05, 4.69) is 21.2 Å². The normalized spacial score (nSPS) is 11.2. The summed E-state index contributed by atoms with van der Waals surface area (Å²) in [6.07, 6.45) is 0. The number of hydrogen-bond acceptors (Lipinski definition) is 3. The molecule has 0 saturated carbocycles. The van der Waals surface area contributed by atoms with Crippen LogP contribution < -0.4 is 16.6 Å². The molecule has 1 amide bonds. The molecule has 2 aromatic heterocycles. The fourth-order valence-electron chi connectivity index (χ4n) is 3.66. The van der Waals surface area contributed by atoms with Gasteiger partial charge < -0.3 is 9.88 Å². The van der Waals surface area contributed by atoms with Gasteiger partial charge in [-0.15, -0.1) is 0 Å². The molecule has 4 aromatic rings. The maximum absolute atomic E-state index is 14.2. The van der Waals surface area contributed by atoms with Crippen LogP contribution in [0.5, 0.6) is 0 Å². The zero-order valence-electron chi connectivity index (χ0n) is 17.6. The molecule has 164 valence electrons. The molecule has 0 bridgehead atoms. The number of nitrogens with zero attached hydrogens (tertiary/aromatic N) is 3. The highest BCUT2D eigenvalue weighted by Crippen LogP contribution is 2.20. The maximum atomic E-state index is 14.2. The molecule has 0 aliphatic heterocycles. The zero-order chi connectivity index (χ0) is 23.2. The second kappa shape index (κ2) is 8.23. The summed E-state index contributed by atoms with van der Waals surface area (Å²) < 4.78 is 18.7. The van der Waals surface area contributed by atoms with Crippen molar-refractivity contribution >= 4 is 38.6 Å². The number of nitrogens with one attached hydrogen (secondary N) is 1. The summed E-state index contributed by atoms with van der Waals surface area (Å²) in [5.41, 5.74) is 1.57. The highest BCUT2D eigenvalue weighted by molar-refractivity contribution is 9.10. The van der Waals surface area contributed by atoms with Crippen LogP contribution in [-0.4, -0.2) is 19.6 Å². The third-order valence-corrected chi connectivity index (χ3v) is 5.83. The van der Waals surface area contributed by atoms with E-state index in [1.165, 1.54) is 16.7 Å². The van der Waals surface area contributed by atoms with Gasteiger partial charge >= 0.3 is 5.69 Å². The Hall–Kier alpha value is -3.46. The van der Waals surface area contributed by atoms with Crippen molar-refractivity contribution in [3.05, 3.63) is 90.9 Å². The van der Waals surface area contributed by atoms with Crippen molar-refractivity contribution < 1.29 is 9.18 Å². The van der Waals surface area contributed by atoms with Crippen molar-refractivity contribution in [2.75, 3.05) is 5.32 Å². The minimum atomic E-state index is -0.648. The highest BCUT2D eigenvalue weighted by atomic mass is 79.9. The summed E-state index contributed by atoms with van der Waals surface area (Å²) in [5.74, 6) is -1.20. The van der Waals surface area contributed by atoms with Gasteiger partial charge in [-0.2, -0.15) is 0 Å². The van der Waals surface area contributed by atoms with Crippen molar-refractivity contribution in [3.8, 4) is 5.69 Å². The number of hydrogen-bond donors (Lipinski definition) is 1. The topological polar surface area (TPSA) is 78.0 Å². The predicted molar refractivity (Wildman–Crippen MR) is 125 cm³/mol. The molecule has 32 heavy (non-hydrogen) atoms. The lowest BCUT2D eigenvalue weighted by Crippen LogP contribution is -2.41. The molecule has 0 unspecified atom stereocenters. The van der Waals surface area contributed by atoms with E-state index in [0.29, 0.717) is 21.2 Å². The number of carbonyl (C=O) groups excluding carboxylic acids is 1. The van der Waals surface area contributed by atoms with Gasteiger partial charge in [-0.3, -0.25) is 14.2 Å². The molecule has 1 N–H and O–H groups in total. The van der Waals surface area contributed by atoms with Crippen molar-refractivity contribution in [1.82, 2.24) is 13.7 Å². The van der Waals surface area contributed by atoms with Crippen LogP contribution >= 0.6 is 15.9 Å². The number of benzene rings is 2. The fraction of sp³-hybridized carbons (Fsp3) is 0.174. The second-order valence-electron chi connectivity index (χ2n) is 7.60. The van der Waals surface area contributed by atoms with Crippen LogP contribution in [0, 0.1) is 19.7 Å². The summed E-state index contributed by atoms with van der Waals surface area (Å²) >= 11 is 3.17. The van der Waals surface area contributed by atoms with Crippen molar-refractivity contribution in [2.45, 2.75) is 20.4 Å². The van der Waals surface area contributed by atoms with E-state index in [1.54, 1.807) is 41.9 Å². The van der Waals surface area contributed by atoms with E-state index in [4.69, 9.17) is 0 Å². The fourth-order valence-corrected chi connectivity index (χ4v) is 3.99. The summed E-state index contributed by atoms with van der Waals surface area (Å²) in [4.78, 5) is 39.4. The molecular formula is C23H20BrFN4O3. The number of amides is 1. The third kappa shape index (κ3) is 3.80. The lowest BCUT2D eigenvalue weighted by atomic mass is 10.2. The van der Waals surface area contributed by atoms with Gasteiger partial charge in [0, 0.05) is 17.2 Å². The quantitative estimate of drug-likeness (QED) is 0.466. The predicted octanol–water partition coefficient (Wildman–Crippen LogP) is 3.65. The Labute approximate surface area is 190 Å². The number of fused-ring (bicyclic) bond motifs is 1. The first-order valence-electron chi connectivity index (χ1n) is 9.81. The van der Waals surface area contributed by atoms with Crippen molar-refractivity contribution in [2.24, 2.45) is 7.05 Å². The van der Waals surface area contributed by atoms with Gasteiger partial charge in [0.05, 0.1) is 16.9 Å². The van der Waals surface area contributed by atoms with E-state index in [0.717, 1.165) is 15.8 Å². The molecule has 4 rings (SSSR count). The number of carbonyl (C=O) groups is 1. The SMILES string of the molecule is Cc1cccc(-n2c(=O)c3c(cc(C)n3C)n(CC(=O)Nc3ccc(Br)cc3F)c2=O)c1. The summed E-state index contributed by atoms with van der Waals surface area (Å²) in [5, 5.41) is 2.49. The number of aryl methyl sites for hydroxylation is 3. The molecule has 7 nitrogen and oxygen atoms in total. The monoisotopic (exact) mass is 498 g/mol. The number of halogens is 2. The Morgan fingerprint density at radius 1 is 1.09 bits per heavy atom. The Bertz CT molecular complexity index is 1500. The summed E-state index contributed by atoms with van der Waals surface area (Å²) in [6, 6.07) is 13.0. The Morgan fingerprint density at radius 2 is 1.84 bits per heavy atom. The van der Waals surface area contributed by atoms with Crippen LogP contribution in [0.25, 0.3) is 16.7 Å². The molecular weight excluding hydrogens is 479 g/mol. The minimum Gasteiger partial charge on any atom is -0.342 e. The van der Waals surface area contributed by atoms with Crippen molar-refractivity contribution in [3.63, 3.8) is 0 Å². The largest absolute Gasteiger partial charge is 0.342 e. The van der Waals surface area contributed by atoms with E-state index < -0.39 is 23.0 Å². The van der Waals surface area contributed by atoms with Crippen LogP contribution in [0.1, 0.15) is 11.3 Å². The van der Waals surface area contributed by atoms with Gasteiger partial charge in [0.1, 0.15) is 17.9 Å². The van der Waals surface area contributed by atoms with E-state index >= 15 is 0 Å². The maximum Gasteiger partial charge on any atom is 0.336 e. The molecule has 0 radical (unpaired) electrons. The van der Waals surface area contributed by atoms with Crippen molar-refractivity contribution in [1.29, 1.82) is 0 Å². The lowest BCUT2D eigenvalue weighted by Gasteiger charge is -2.14. The smallest absolute Gasteiger partial charge is 0.336 e. The first-order valence-corrected chi connectivity index (χ1v) is 10.6. The highest BCUT2D eigenvalue weighted by Gasteiger charge is 2.20.